The highest BCUT2D eigenvalue weighted by molar-refractivity contribution is 7.99. The van der Waals surface area contributed by atoms with Gasteiger partial charge in [0.15, 0.2) is 11.0 Å². The zero-order chi connectivity index (χ0) is 23.1. The van der Waals surface area contributed by atoms with Gasteiger partial charge in [0.1, 0.15) is 18.0 Å². The molecule has 0 aliphatic heterocycles. The van der Waals surface area contributed by atoms with Crippen molar-refractivity contribution in [2.75, 3.05) is 11.1 Å². The third kappa shape index (κ3) is 5.85. The molecule has 0 aliphatic rings. The molecule has 168 valence electrons. The fraction of sp³-hybridized carbons (Fsp3) is 0.318. The van der Waals surface area contributed by atoms with Crippen molar-refractivity contribution in [3.05, 3.63) is 70.0 Å². The molecule has 9 nitrogen and oxygen atoms in total. The molecule has 0 saturated carbocycles. The zero-order valence-electron chi connectivity index (χ0n) is 18.1. The van der Waals surface area contributed by atoms with Crippen LogP contribution >= 0.6 is 11.8 Å². The Balaban J connectivity index is 1.59. The molecule has 0 aliphatic carbocycles. The van der Waals surface area contributed by atoms with Crippen LogP contribution in [0.4, 0.5) is 11.4 Å². The maximum Gasteiger partial charge on any atom is 0.292 e. The Morgan fingerprint density at radius 2 is 1.91 bits per heavy atom. The second-order valence-corrected chi connectivity index (χ2v) is 8.21. The van der Waals surface area contributed by atoms with Crippen LogP contribution in [0.2, 0.25) is 0 Å². The molecule has 0 unspecified atom stereocenters. The largest absolute Gasteiger partial charge is 0.486 e. The Hall–Kier alpha value is -3.40. The Morgan fingerprint density at radius 3 is 2.56 bits per heavy atom. The second kappa shape index (κ2) is 10.8. The molecule has 0 bridgehead atoms. The number of thioether (sulfide) groups is 1. The number of carbonyl (C=O) groups is 1. The van der Waals surface area contributed by atoms with Gasteiger partial charge in [-0.1, -0.05) is 49.9 Å². The van der Waals surface area contributed by atoms with Crippen molar-refractivity contribution in [3.8, 4) is 5.75 Å². The van der Waals surface area contributed by atoms with E-state index in [0.29, 0.717) is 23.4 Å². The van der Waals surface area contributed by atoms with Gasteiger partial charge < -0.3 is 14.6 Å². The van der Waals surface area contributed by atoms with E-state index in [1.807, 2.05) is 35.8 Å². The number of benzene rings is 2. The standard InChI is InChI=1S/C22H25N5O4S/c1-4-26-20(13-31-17-11-9-16(10-12-17)15(2)3)24-25-22(26)32-14-21(28)23-18-7-5-6-8-19(18)27(29)30/h5-12,15H,4,13-14H2,1-3H3,(H,23,28). The van der Waals surface area contributed by atoms with E-state index in [2.05, 4.69) is 29.4 Å². The molecule has 0 atom stereocenters. The minimum Gasteiger partial charge on any atom is -0.486 e. The molecule has 0 saturated heterocycles. The smallest absolute Gasteiger partial charge is 0.292 e. The molecule has 3 aromatic rings. The first-order chi connectivity index (χ1) is 15.4. The predicted octanol–water partition coefficient (Wildman–Crippen LogP) is 4.64. The van der Waals surface area contributed by atoms with Gasteiger partial charge in [-0.05, 0) is 36.6 Å². The summed E-state index contributed by atoms with van der Waals surface area (Å²) in [6.07, 6.45) is 0. The molecule has 1 N–H and O–H groups in total. The highest BCUT2D eigenvalue weighted by Gasteiger charge is 2.17. The maximum atomic E-state index is 12.3. The number of nitrogens with one attached hydrogen (secondary N) is 1. The van der Waals surface area contributed by atoms with Crippen molar-refractivity contribution in [2.24, 2.45) is 0 Å². The van der Waals surface area contributed by atoms with Gasteiger partial charge in [0, 0.05) is 12.6 Å². The van der Waals surface area contributed by atoms with Crippen molar-refractivity contribution in [1.82, 2.24) is 14.8 Å². The van der Waals surface area contributed by atoms with Crippen LogP contribution < -0.4 is 10.1 Å². The van der Waals surface area contributed by atoms with Crippen LogP contribution in [0.25, 0.3) is 0 Å². The molecule has 3 rings (SSSR count). The molecular weight excluding hydrogens is 430 g/mol. The molecular formula is C22H25N5O4S. The van der Waals surface area contributed by atoms with E-state index in [1.165, 1.54) is 29.5 Å². The quantitative estimate of drug-likeness (QED) is 0.269. The summed E-state index contributed by atoms with van der Waals surface area (Å²) >= 11 is 1.21. The molecule has 1 heterocycles. The van der Waals surface area contributed by atoms with E-state index >= 15 is 0 Å². The highest BCUT2D eigenvalue weighted by Crippen LogP contribution is 2.24. The minimum absolute atomic E-state index is 0.0434. The van der Waals surface area contributed by atoms with Gasteiger partial charge in [-0.15, -0.1) is 10.2 Å². The summed E-state index contributed by atoms with van der Waals surface area (Å²) in [5.41, 5.74) is 1.26. The van der Waals surface area contributed by atoms with E-state index in [4.69, 9.17) is 4.74 Å². The van der Waals surface area contributed by atoms with Gasteiger partial charge >= 0.3 is 0 Å². The summed E-state index contributed by atoms with van der Waals surface area (Å²) in [4.78, 5) is 22.9. The van der Waals surface area contributed by atoms with Crippen LogP contribution in [-0.2, 0) is 17.9 Å². The van der Waals surface area contributed by atoms with Gasteiger partial charge in [-0.2, -0.15) is 0 Å². The lowest BCUT2D eigenvalue weighted by Crippen LogP contribution is -2.15. The summed E-state index contributed by atoms with van der Waals surface area (Å²) in [6.45, 7) is 7.11. The SMILES string of the molecule is CCn1c(COc2ccc(C(C)C)cc2)nnc1SCC(=O)Nc1ccccc1[N+](=O)[O-]. The van der Waals surface area contributed by atoms with E-state index in [-0.39, 0.29) is 29.6 Å². The molecule has 10 heteroatoms. The molecule has 32 heavy (non-hydrogen) atoms. The second-order valence-electron chi connectivity index (χ2n) is 7.27. The first-order valence-electron chi connectivity index (χ1n) is 10.2. The summed E-state index contributed by atoms with van der Waals surface area (Å²) in [6, 6.07) is 14.0. The molecule has 2 aromatic carbocycles. The number of nitrogens with zero attached hydrogens (tertiary/aromatic N) is 4. The normalized spacial score (nSPS) is 10.9. The van der Waals surface area contributed by atoms with Crippen LogP contribution in [-0.4, -0.2) is 31.3 Å². The Morgan fingerprint density at radius 1 is 1.19 bits per heavy atom. The van der Waals surface area contributed by atoms with Crippen molar-refractivity contribution >= 4 is 29.0 Å². The number of hydrogen-bond donors (Lipinski definition) is 1. The highest BCUT2D eigenvalue weighted by atomic mass is 32.2. The van der Waals surface area contributed by atoms with Crippen LogP contribution in [0.3, 0.4) is 0 Å². The summed E-state index contributed by atoms with van der Waals surface area (Å²) in [5, 5.41) is 22.6. The number of hydrogen-bond acceptors (Lipinski definition) is 7. The molecule has 1 aromatic heterocycles. The average molecular weight is 456 g/mol. The number of amides is 1. The van der Waals surface area contributed by atoms with Crippen molar-refractivity contribution in [2.45, 2.75) is 45.0 Å². The van der Waals surface area contributed by atoms with E-state index in [9.17, 15) is 14.9 Å². The number of anilines is 1. The van der Waals surface area contributed by atoms with Gasteiger partial charge in [0.05, 0.1) is 10.7 Å². The molecule has 1 amide bonds. The third-order valence-electron chi connectivity index (χ3n) is 4.73. The lowest BCUT2D eigenvalue weighted by molar-refractivity contribution is -0.383. The average Bonchev–Trinajstić information content (AvgIpc) is 3.18. The topological polar surface area (TPSA) is 112 Å². The van der Waals surface area contributed by atoms with Crippen molar-refractivity contribution in [1.29, 1.82) is 0 Å². The molecule has 0 radical (unpaired) electrons. The van der Waals surface area contributed by atoms with Crippen molar-refractivity contribution in [3.63, 3.8) is 0 Å². The van der Waals surface area contributed by atoms with E-state index < -0.39 is 4.92 Å². The first kappa shape index (κ1) is 23.3. The summed E-state index contributed by atoms with van der Waals surface area (Å²) in [7, 11) is 0. The lowest BCUT2D eigenvalue weighted by Gasteiger charge is -2.10. The first-order valence-corrected chi connectivity index (χ1v) is 11.2. The predicted molar refractivity (Wildman–Crippen MR) is 123 cm³/mol. The van der Waals surface area contributed by atoms with Crippen LogP contribution in [0, 0.1) is 10.1 Å². The molecule has 0 fully saturated rings. The lowest BCUT2D eigenvalue weighted by atomic mass is 10.0. The maximum absolute atomic E-state index is 12.3. The number of rotatable bonds is 10. The number of ether oxygens (including phenoxy) is 1. The summed E-state index contributed by atoms with van der Waals surface area (Å²) in [5.74, 6) is 1.54. The van der Waals surface area contributed by atoms with Gasteiger partial charge in [-0.25, -0.2) is 0 Å². The van der Waals surface area contributed by atoms with Gasteiger partial charge in [-0.3, -0.25) is 14.9 Å². The van der Waals surface area contributed by atoms with Crippen molar-refractivity contribution < 1.29 is 14.5 Å². The number of aromatic nitrogens is 3. The minimum atomic E-state index is -0.529. The Kier molecular flexibility index (Phi) is 7.82. The third-order valence-corrected chi connectivity index (χ3v) is 5.70. The number of para-hydroxylation sites is 2. The number of nitro benzene ring substituents is 1. The molecule has 0 spiro atoms. The fourth-order valence-electron chi connectivity index (χ4n) is 3.00. The van der Waals surface area contributed by atoms with Crippen LogP contribution in [0.5, 0.6) is 5.75 Å². The zero-order valence-corrected chi connectivity index (χ0v) is 19.0. The Bertz CT molecular complexity index is 1080. The number of carbonyl (C=O) groups excluding carboxylic acids is 1. The van der Waals surface area contributed by atoms with Gasteiger partial charge in [0.2, 0.25) is 5.91 Å². The monoisotopic (exact) mass is 455 g/mol. The van der Waals surface area contributed by atoms with E-state index in [1.54, 1.807) is 12.1 Å². The fourth-order valence-corrected chi connectivity index (χ4v) is 3.82. The van der Waals surface area contributed by atoms with Gasteiger partial charge in [0.25, 0.3) is 5.69 Å². The summed E-state index contributed by atoms with van der Waals surface area (Å²) < 4.78 is 7.73. The number of nitro groups is 1. The Labute approximate surface area is 190 Å². The van der Waals surface area contributed by atoms with Crippen LogP contribution in [0.1, 0.15) is 38.1 Å². The van der Waals surface area contributed by atoms with E-state index in [0.717, 1.165) is 5.75 Å². The van der Waals surface area contributed by atoms with Crippen LogP contribution in [0.15, 0.2) is 53.7 Å².